The highest BCUT2D eigenvalue weighted by molar-refractivity contribution is 5.69. The lowest BCUT2D eigenvalue weighted by Gasteiger charge is -2.06. The Morgan fingerprint density at radius 2 is 1.96 bits per heavy atom. The predicted molar refractivity (Wildman–Crippen MR) is 104 cm³/mol. The fourth-order valence-corrected chi connectivity index (χ4v) is 2.57. The first-order chi connectivity index (χ1) is 12.6. The first kappa shape index (κ1) is 19.2. The molecule has 2 heterocycles. The van der Waals surface area contributed by atoms with Crippen LogP contribution in [0.25, 0.3) is 16.9 Å². The number of hydrogen-bond donors (Lipinski definition) is 2. The van der Waals surface area contributed by atoms with Crippen molar-refractivity contribution in [2.45, 2.75) is 20.3 Å². The Morgan fingerprint density at radius 3 is 2.46 bits per heavy atom. The number of aryl methyl sites for hydroxylation is 1. The second-order valence-electron chi connectivity index (χ2n) is 5.79. The average Bonchev–Trinajstić information content (AvgIpc) is 3.24. The van der Waals surface area contributed by atoms with Crippen molar-refractivity contribution < 1.29 is 4.79 Å². The molecule has 3 aromatic rings. The Hall–Kier alpha value is -3.09. The Kier molecular flexibility index (Phi) is 6.96. The van der Waals surface area contributed by atoms with Crippen molar-refractivity contribution in [2.75, 3.05) is 18.9 Å². The molecule has 138 valence electrons. The van der Waals surface area contributed by atoms with E-state index < -0.39 is 0 Å². The highest BCUT2D eigenvalue weighted by Gasteiger charge is 2.16. The number of amides is 1. The lowest BCUT2D eigenvalue weighted by molar-refractivity contribution is -0.109. The van der Waals surface area contributed by atoms with Gasteiger partial charge in [0.1, 0.15) is 11.5 Å². The van der Waals surface area contributed by atoms with Crippen LogP contribution in [-0.2, 0) is 11.8 Å². The van der Waals surface area contributed by atoms with Crippen molar-refractivity contribution in [3.8, 4) is 16.9 Å². The van der Waals surface area contributed by atoms with Gasteiger partial charge in [0.15, 0.2) is 0 Å². The Morgan fingerprint density at radius 1 is 1.23 bits per heavy atom. The van der Waals surface area contributed by atoms with Gasteiger partial charge in [-0.15, -0.1) is 0 Å². The monoisotopic (exact) mass is 354 g/mol. The molecule has 3 rings (SSSR count). The van der Waals surface area contributed by atoms with E-state index in [0.29, 0.717) is 6.41 Å². The average molecular weight is 354 g/mol. The molecule has 0 bridgehead atoms. The van der Waals surface area contributed by atoms with Gasteiger partial charge in [-0.3, -0.25) is 9.48 Å². The molecule has 0 radical (unpaired) electrons. The Bertz CT molecular complexity index is 822. The summed E-state index contributed by atoms with van der Waals surface area (Å²) < 4.78 is 3.72. The summed E-state index contributed by atoms with van der Waals surface area (Å²) in [5.41, 5.74) is 4.13. The van der Waals surface area contributed by atoms with Gasteiger partial charge < -0.3 is 10.6 Å². The SMILES string of the molecule is CCCNC=O.CNc1c(C)c(-c2cnn(C)c2)nn1-c1ccccc1. The summed E-state index contributed by atoms with van der Waals surface area (Å²) in [5, 5.41) is 14.7. The van der Waals surface area contributed by atoms with E-state index in [1.807, 2.05) is 68.4 Å². The fourth-order valence-electron chi connectivity index (χ4n) is 2.57. The summed E-state index contributed by atoms with van der Waals surface area (Å²) in [4.78, 5) is 9.45. The lowest BCUT2D eigenvalue weighted by atomic mass is 10.1. The Labute approximate surface area is 154 Å². The van der Waals surface area contributed by atoms with Crippen LogP contribution < -0.4 is 10.6 Å². The quantitative estimate of drug-likeness (QED) is 0.527. The molecule has 0 fully saturated rings. The zero-order valence-corrected chi connectivity index (χ0v) is 15.7. The predicted octanol–water partition coefficient (Wildman–Crippen LogP) is 2.77. The van der Waals surface area contributed by atoms with E-state index in [0.717, 1.165) is 41.3 Å². The van der Waals surface area contributed by atoms with Gasteiger partial charge in [-0.05, 0) is 25.5 Å². The van der Waals surface area contributed by atoms with E-state index in [1.165, 1.54) is 0 Å². The van der Waals surface area contributed by atoms with Gasteiger partial charge in [-0.2, -0.15) is 10.2 Å². The third-order valence-corrected chi connectivity index (χ3v) is 3.82. The third kappa shape index (κ3) is 4.50. The van der Waals surface area contributed by atoms with E-state index in [4.69, 9.17) is 5.10 Å². The lowest BCUT2D eigenvalue weighted by Crippen LogP contribution is -2.10. The van der Waals surface area contributed by atoms with Crippen LogP contribution in [0.2, 0.25) is 0 Å². The minimum Gasteiger partial charge on any atom is -0.373 e. The summed E-state index contributed by atoms with van der Waals surface area (Å²) in [6.07, 6.45) is 5.54. The van der Waals surface area contributed by atoms with E-state index >= 15 is 0 Å². The van der Waals surface area contributed by atoms with Crippen molar-refractivity contribution in [3.63, 3.8) is 0 Å². The van der Waals surface area contributed by atoms with Crippen LogP contribution in [0, 0.1) is 6.92 Å². The van der Waals surface area contributed by atoms with Crippen molar-refractivity contribution in [1.29, 1.82) is 0 Å². The van der Waals surface area contributed by atoms with Crippen molar-refractivity contribution in [3.05, 3.63) is 48.3 Å². The van der Waals surface area contributed by atoms with Crippen LogP contribution in [0.5, 0.6) is 0 Å². The van der Waals surface area contributed by atoms with Crippen LogP contribution in [0.3, 0.4) is 0 Å². The van der Waals surface area contributed by atoms with Crippen LogP contribution in [0.4, 0.5) is 5.82 Å². The normalized spacial score (nSPS) is 10.0. The number of benzene rings is 1. The first-order valence-corrected chi connectivity index (χ1v) is 8.61. The number of rotatable bonds is 6. The van der Waals surface area contributed by atoms with Gasteiger partial charge in [0.2, 0.25) is 6.41 Å². The highest BCUT2D eigenvalue weighted by atomic mass is 16.1. The summed E-state index contributed by atoms with van der Waals surface area (Å²) in [6.45, 7) is 4.88. The number of carbonyl (C=O) groups is 1. The first-order valence-electron chi connectivity index (χ1n) is 8.61. The molecular weight excluding hydrogens is 328 g/mol. The Balaban J connectivity index is 0.000000352. The molecule has 1 aromatic carbocycles. The van der Waals surface area contributed by atoms with E-state index in [2.05, 4.69) is 22.7 Å². The molecule has 7 heteroatoms. The van der Waals surface area contributed by atoms with Crippen LogP contribution >= 0.6 is 0 Å². The second kappa shape index (κ2) is 9.41. The van der Waals surface area contributed by atoms with Crippen LogP contribution in [0.15, 0.2) is 42.7 Å². The molecule has 0 aliphatic rings. The van der Waals surface area contributed by atoms with Crippen molar-refractivity contribution >= 4 is 12.2 Å². The number of anilines is 1. The third-order valence-electron chi connectivity index (χ3n) is 3.82. The molecule has 0 spiro atoms. The van der Waals surface area contributed by atoms with Gasteiger partial charge in [0.25, 0.3) is 0 Å². The number of aromatic nitrogens is 4. The second-order valence-corrected chi connectivity index (χ2v) is 5.79. The molecule has 0 unspecified atom stereocenters. The number of para-hydroxylation sites is 1. The summed E-state index contributed by atoms with van der Waals surface area (Å²) >= 11 is 0. The molecule has 2 N–H and O–H groups in total. The molecule has 0 atom stereocenters. The maximum absolute atomic E-state index is 9.45. The standard InChI is InChI=1S/C15H17N5.C4H9NO/c1-11-14(12-9-17-19(3)10-12)18-20(15(11)16-2)13-7-5-4-6-8-13;1-2-3-5-4-6/h4-10,16H,1-3H3;4H,2-3H2,1H3,(H,5,6). The van der Waals surface area contributed by atoms with Crippen LogP contribution in [-0.4, -0.2) is 39.6 Å². The largest absolute Gasteiger partial charge is 0.373 e. The summed E-state index contributed by atoms with van der Waals surface area (Å²) in [5.74, 6) is 0.995. The zero-order valence-electron chi connectivity index (χ0n) is 15.7. The van der Waals surface area contributed by atoms with Gasteiger partial charge in [0.05, 0.1) is 11.9 Å². The number of nitrogens with zero attached hydrogens (tertiary/aromatic N) is 4. The maximum atomic E-state index is 9.45. The van der Waals surface area contributed by atoms with Gasteiger partial charge in [-0.25, -0.2) is 4.68 Å². The van der Waals surface area contributed by atoms with E-state index in [9.17, 15) is 4.79 Å². The molecule has 26 heavy (non-hydrogen) atoms. The smallest absolute Gasteiger partial charge is 0.207 e. The number of nitrogens with one attached hydrogen (secondary N) is 2. The number of carbonyl (C=O) groups excluding carboxylic acids is 1. The molecule has 0 saturated carbocycles. The van der Waals surface area contributed by atoms with E-state index in [-0.39, 0.29) is 0 Å². The van der Waals surface area contributed by atoms with Crippen LogP contribution in [0.1, 0.15) is 18.9 Å². The van der Waals surface area contributed by atoms with Crippen molar-refractivity contribution in [2.24, 2.45) is 7.05 Å². The van der Waals surface area contributed by atoms with E-state index in [1.54, 1.807) is 4.68 Å². The fraction of sp³-hybridized carbons (Fsp3) is 0.316. The molecule has 0 aliphatic heterocycles. The van der Waals surface area contributed by atoms with Gasteiger partial charge in [-0.1, -0.05) is 25.1 Å². The summed E-state index contributed by atoms with van der Waals surface area (Å²) in [7, 11) is 3.82. The minimum atomic E-state index is 0.712. The van der Waals surface area contributed by atoms with Gasteiger partial charge >= 0.3 is 0 Å². The maximum Gasteiger partial charge on any atom is 0.207 e. The number of hydrogen-bond acceptors (Lipinski definition) is 4. The molecule has 2 aromatic heterocycles. The van der Waals surface area contributed by atoms with Gasteiger partial charge in [0, 0.05) is 38.0 Å². The topological polar surface area (TPSA) is 76.8 Å². The zero-order chi connectivity index (χ0) is 18.9. The molecule has 1 amide bonds. The molecule has 7 nitrogen and oxygen atoms in total. The van der Waals surface area contributed by atoms with Crippen molar-refractivity contribution in [1.82, 2.24) is 24.9 Å². The highest BCUT2D eigenvalue weighted by Crippen LogP contribution is 2.29. The minimum absolute atomic E-state index is 0.712. The molecule has 0 aliphatic carbocycles. The molecule has 0 saturated heterocycles. The molecular formula is C19H26N6O. The summed E-state index contributed by atoms with van der Waals surface area (Å²) in [6, 6.07) is 10.1.